The Kier molecular flexibility index (Phi) is 6.77. The van der Waals surface area contributed by atoms with E-state index < -0.39 is 0 Å². The van der Waals surface area contributed by atoms with Gasteiger partial charge in [0, 0.05) is 18.7 Å². The summed E-state index contributed by atoms with van der Waals surface area (Å²) < 4.78 is 16.2. The minimum Gasteiger partial charge on any atom is -0.497 e. The van der Waals surface area contributed by atoms with Crippen LogP contribution >= 0.6 is 11.6 Å². The standard InChI is InChI=1S/C22H23ClN2O4/c1-4-11-25(22(26)17-7-5-6-8-19(17)23)14-15-12-21(29-24-15)18-10-9-16(27-2)13-20(18)28-3/h5-10,12-13H,4,11,14H2,1-3H3. The number of halogens is 1. The number of rotatable bonds is 8. The van der Waals surface area contributed by atoms with Crippen LogP contribution in [0.15, 0.2) is 53.1 Å². The van der Waals surface area contributed by atoms with Crippen molar-refractivity contribution >= 4 is 17.5 Å². The van der Waals surface area contributed by atoms with Crippen molar-refractivity contribution < 1.29 is 18.8 Å². The van der Waals surface area contributed by atoms with Crippen LogP contribution in [0.5, 0.6) is 11.5 Å². The van der Waals surface area contributed by atoms with Crippen LogP contribution in [0, 0.1) is 0 Å². The minimum absolute atomic E-state index is 0.135. The Balaban J connectivity index is 1.84. The SMILES string of the molecule is CCCN(Cc1cc(-c2ccc(OC)cc2OC)on1)C(=O)c1ccccc1Cl. The molecule has 3 rings (SSSR count). The molecule has 0 spiro atoms. The lowest BCUT2D eigenvalue weighted by Crippen LogP contribution is -2.31. The van der Waals surface area contributed by atoms with Gasteiger partial charge in [0.2, 0.25) is 0 Å². The first-order valence-electron chi connectivity index (χ1n) is 9.29. The third-order valence-electron chi connectivity index (χ3n) is 4.47. The molecule has 7 heteroatoms. The van der Waals surface area contributed by atoms with Gasteiger partial charge in [-0.3, -0.25) is 4.79 Å². The topological polar surface area (TPSA) is 64.8 Å². The molecular weight excluding hydrogens is 392 g/mol. The number of benzene rings is 2. The van der Waals surface area contributed by atoms with Crippen molar-refractivity contribution in [3.63, 3.8) is 0 Å². The van der Waals surface area contributed by atoms with Crippen molar-refractivity contribution in [1.82, 2.24) is 10.1 Å². The fourth-order valence-electron chi connectivity index (χ4n) is 3.04. The van der Waals surface area contributed by atoms with Crippen LogP contribution < -0.4 is 9.47 Å². The highest BCUT2D eigenvalue weighted by Gasteiger charge is 2.20. The second-order valence-corrected chi connectivity index (χ2v) is 6.86. The van der Waals surface area contributed by atoms with Crippen LogP contribution in [0.25, 0.3) is 11.3 Å². The largest absolute Gasteiger partial charge is 0.497 e. The van der Waals surface area contributed by atoms with E-state index in [-0.39, 0.29) is 5.91 Å². The number of amides is 1. The Morgan fingerprint density at radius 2 is 1.93 bits per heavy atom. The Morgan fingerprint density at radius 3 is 2.62 bits per heavy atom. The molecule has 1 heterocycles. The molecule has 0 atom stereocenters. The van der Waals surface area contributed by atoms with E-state index in [1.165, 1.54) is 0 Å². The molecule has 1 aromatic heterocycles. The van der Waals surface area contributed by atoms with E-state index in [0.717, 1.165) is 12.0 Å². The molecule has 1 amide bonds. The van der Waals surface area contributed by atoms with Crippen molar-refractivity contribution in [3.05, 3.63) is 64.8 Å². The Morgan fingerprint density at radius 1 is 1.14 bits per heavy atom. The molecule has 6 nitrogen and oxygen atoms in total. The Labute approximate surface area is 175 Å². The predicted octanol–water partition coefficient (Wildman–Crippen LogP) is 5.06. The second kappa shape index (κ2) is 9.47. The van der Waals surface area contributed by atoms with Gasteiger partial charge in [0.15, 0.2) is 5.76 Å². The van der Waals surface area contributed by atoms with Crippen molar-refractivity contribution in [1.29, 1.82) is 0 Å². The van der Waals surface area contributed by atoms with Gasteiger partial charge in [-0.25, -0.2) is 0 Å². The molecule has 0 radical (unpaired) electrons. The first kappa shape index (κ1) is 20.7. The van der Waals surface area contributed by atoms with Gasteiger partial charge < -0.3 is 18.9 Å². The summed E-state index contributed by atoms with van der Waals surface area (Å²) in [6.07, 6.45) is 0.813. The minimum atomic E-state index is -0.135. The van der Waals surface area contributed by atoms with E-state index >= 15 is 0 Å². The van der Waals surface area contributed by atoms with Crippen molar-refractivity contribution in [3.8, 4) is 22.8 Å². The smallest absolute Gasteiger partial charge is 0.255 e. The lowest BCUT2D eigenvalue weighted by molar-refractivity contribution is 0.0740. The fraction of sp³-hybridized carbons (Fsp3) is 0.273. The van der Waals surface area contributed by atoms with Gasteiger partial charge in [-0.1, -0.05) is 35.8 Å². The highest BCUT2D eigenvalue weighted by Crippen LogP contribution is 2.33. The average molecular weight is 415 g/mol. The van der Waals surface area contributed by atoms with Crippen LogP contribution in [0.4, 0.5) is 0 Å². The molecule has 152 valence electrons. The molecular formula is C22H23ClN2O4. The van der Waals surface area contributed by atoms with Crippen LogP contribution in [0.2, 0.25) is 5.02 Å². The third kappa shape index (κ3) is 4.71. The van der Waals surface area contributed by atoms with Gasteiger partial charge in [-0.05, 0) is 30.7 Å². The lowest BCUT2D eigenvalue weighted by Gasteiger charge is -2.21. The summed E-state index contributed by atoms with van der Waals surface area (Å²) in [5, 5.41) is 4.58. The summed E-state index contributed by atoms with van der Waals surface area (Å²) >= 11 is 6.20. The monoisotopic (exact) mass is 414 g/mol. The van der Waals surface area contributed by atoms with E-state index in [2.05, 4.69) is 5.16 Å². The highest BCUT2D eigenvalue weighted by molar-refractivity contribution is 6.33. The second-order valence-electron chi connectivity index (χ2n) is 6.46. The number of carbonyl (C=O) groups is 1. The van der Waals surface area contributed by atoms with Gasteiger partial charge in [0.1, 0.15) is 17.2 Å². The van der Waals surface area contributed by atoms with E-state index in [9.17, 15) is 4.79 Å². The highest BCUT2D eigenvalue weighted by atomic mass is 35.5. The van der Waals surface area contributed by atoms with E-state index in [1.54, 1.807) is 49.5 Å². The summed E-state index contributed by atoms with van der Waals surface area (Å²) in [6, 6.07) is 14.3. The molecule has 0 saturated heterocycles. The average Bonchev–Trinajstić information content (AvgIpc) is 3.21. The van der Waals surface area contributed by atoms with Gasteiger partial charge in [-0.15, -0.1) is 0 Å². The van der Waals surface area contributed by atoms with Crippen LogP contribution in [0.1, 0.15) is 29.4 Å². The fourth-order valence-corrected chi connectivity index (χ4v) is 3.25. The van der Waals surface area contributed by atoms with Crippen molar-refractivity contribution in [2.24, 2.45) is 0 Å². The van der Waals surface area contributed by atoms with Crippen LogP contribution in [-0.2, 0) is 6.54 Å². The Hall–Kier alpha value is -2.99. The number of hydrogen-bond acceptors (Lipinski definition) is 5. The summed E-state index contributed by atoms with van der Waals surface area (Å²) in [5.74, 6) is 1.72. The molecule has 3 aromatic rings. The van der Waals surface area contributed by atoms with Gasteiger partial charge in [0.25, 0.3) is 5.91 Å². The molecule has 0 N–H and O–H groups in total. The molecule has 0 bridgehead atoms. The van der Waals surface area contributed by atoms with Gasteiger partial charge in [-0.2, -0.15) is 0 Å². The summed E-state index contributed by atoms with van der Waals surface area (Å²) in [4.78, 5) is 14.7. The first-order chi connectivity index (χ1) is 14.1. The van der Waals surface area contributed by atoms with Crippen LogP contribution in [-0.4, -0.2) is 36.7 Å². The van der Waals surface area contributed by atoms with E-state index in [4.69, 9.17) is 25.6 Å². The zero-order chi connectivity index (χ0) is 20.8. The molecule has 0 aliphatic carbocycles. The molecule has 0 aliphatic rings. The number of nitrogens with zero attached hydrogens (tertiary/aromatic N) is 2. The molecule has 0 saturated carbocycles. The zero-order valence-corrected chi connectivity index (χ0v) is 17.4. The Bertz CT molecular complexity index is 986. The molecule has 0 fully saturated rings. The van der Waals surface area contributed by atoms with Crippen LogP contribution in [0.3, 0.4) is 0 Å². The summed E-state index contributed by atoms with van der Waals surface area (Å²) in [7, 11) is 3.18. The molecule has 29 heavy (non-hydrogen) atoms. The van der Waals surface area contributed by atoms with Crippen molar-refractivity contribution in [2.75, 3.05) is 20.8 Å². The first-order valence-corrected chi connectivity index (χ1v) is 9.67. The number of hydrogen-bond donors (Lipinski definition) is 0. The zero-order valence-electron chi connectivity index (χ0n) is 16.6. The maximum atomic E-state index is 13.0. The summed E-state index contributed by atoms with van der Waals surface area (Å²) in [6.45, 7) is 2.92. The molecule has 0 aliphatic heterocycles. The quantitative estimate of drug-likeness (QED) is 0.515. The summed E-state index contributed by atoms with van der Waals surface area (Å²) in [5.41, 5.74) is 1.88. The third-order valence-corrected chi connectivity index (χ3v) is 4.80. The van der Waals surface area contributed by atoms with E-state index in [0.29, 0.717) is 46.6 Å². The number of ether oxygens (including phenoxy) is 2. The molecule has 0 unspecified atom stereocenters. The molecule has 2 aromatic carbocycles. The number of carbonyl (C=O) groups excluding carboxylic acids is 1. The maximum Gasteiger partial charge on any atom is 0.255 e. The van der Waals surface area contributed by atoms with Gasteiger partial charge in [0.05, 0.1) is 36.9 Å². The van der Waals surface area contributed by atoms with Gasteiger partial charge >= 0.3 is 0 Å². The van der Waals surface area contributed by atoms with Crippen molar-refractivity contribution in [2.45, 2.75) is 19.9 Å². The normalized spacial score (nSPS) is 10.6. The maximum absolute atomic E-state index is 13.0. The predicted molar refractivity (Wildman–Crippen MR) is 112 cm³/mol. The number of aromatic nitrogens is 1. The lowest BCUT2D eigenvalue weighted by atomic mass is 10.1. The van der Waals surface area contributed by atoms with E-state index in [1.807, 2.05) is 25.1 Å². The number of methoxy groups -OCH3 is 2.